The Bertz CT molecular complexity index is 2380. The van der Waals surface area contributed by atoms with Gasteiger partial charge < -0.3 is 4.74 Å². The highest BCUT2D eigenvalue weighted by Gasteiger charge is 2.79. The van der Waals surface area contributed by atoms with Crippen molar-refractivity contribution >= 4 is 40.7 Å². The van der Waals surface area contributed by atoms with Crippen LogP contribution in [0.5, 0.6) is 0 Å². The molecule has 0 unspecified atom stereocenters. The van der Waals surface area contributed by atoms with Gasteiger partial charge in [0.1, 0.15) is 5.41 Å². The van der Waals surface area contributed by atoms with Gasteiger partial charge in [0.25, 0.3) is 0 Å². The average molecular weight is 711 g/mol. The van der Waals surface area contributed by atoms with Gasteiger partial charge in [0, 0.05) is 15.9 Å². The minimum absolute atomic E-state index is 0.0332. The molecule has 12 heteroatoms. The zero-order valence-electron chi connectivity index (χ0n) is 27.5. The van der Waals surface area contributed by atoms with E-state index < -0.39 is 46.3 Å². The van der Waals surface area contributed by atoms with E-state index in [1.165, 1.54) is 22.5 Å². The first kappa shape index (κ1) is 32.6. The van der Waals surface area contributed by atoms with E-state index in [9.17, 15) is 20.1 Å². The van der Waals surface area contributed by atoms with E-state index in [4.69, 9.17) is 9.48 Å². The summed E-state index contributed by atoms with van der Waals surface area (Å²) in [5, 5.41) is 23.6. The zero-order valence-corrected chi connectivity index (χ0v) is 29.2. The quantitative estimate of drug-likeness (QED) is 0.181. The van der Waals surface area contributed by atoms with Gasteiger partial charge in [-0.25, -0.2) is 18.8 Å². The van der Waals surface area contributed by atoms with E-state index in [0.717, 1.165) is 25.2 Å². The second kappa shape index (κ2) is 12.0. The molecule has 1 aromatic heterocycles. The molecule has 2 bridgehead atoms. The van der Waals surface area contributed by atoms with Gasteiger partial charge in [0.05, 0.1) is 42.3 Å². The molecule has 3 aliphatic heterocycles. The van der Waals surface area contributed by atoms with Crippen molar-refractivity contribution in [2.75, 3.05) is 12.4 Å². The molecule has 5 aromatic rings. The van der Waals surface area contributed by atoms with Gasteiger partial charge in [-0.2, -0.15) is 27.0 Å². The van der Waals surface area contributed by atoms with Gasteiger partial charge in [-0.1, -0.05) is 109 Å². The second-order valence-corrected chi connectivity index (χ2v) is 16.8. The maximum Gasteiger partial charge on any atom is 0.354 e. The second-order valence-electron chi connectivity index (χ2n) is 12.6. The highest BCUT2D eigenvalue weighted by Crippen LogP contribution is 2.69. The molecule has 0 spiro atoms. The molecule has 252 valence electrons. The zero-order chi connectivity index (χ0) is 35.4. The normalized spacial score (nSPS) is 24.4. The van der Waals surface area contributed by atoms with Crippen molar-refractivity contribution in [1.29, 1.82) is 10.5 Å². The van der Waals surface area contributed by atoms with Crippen molar-refractivity contribution in [3.63, 3.8) is 0 Å². The molecule has 9 rings (SSSR count). The van der Waals surface area contributed by atoms with E-state index in [0.29, 0.717) is 5.75 Å². The monoisotopic (exact) mass is 710 g/mol. The molecule has 10 nitrogen and oxygen atoms in total. The summed E-state index contributed by atoms with van der Waals surface area (Å²) in [6.45, 7) is 1.74. The number of carbonyl (C=O) groups is 1. The van der Waals surface area contributed by atoms with Crippen molar-refractivity contribution in [2.45, 2.75) is 29.8 Å². The number of allylic oxidation sites excluding steroid dienone is 1. The smallest absolute Gasteiger partial charge is 0.354 e. The van der Waals surface area contributed by atoms with Crippen LogP contribution in [0.25, 0.3) is 5.69 Å². The average Bonchev–Trinajstić information content (AvgIpc) is 3.77. The maximum atomic E-state index is 15.2. The fourth-order valence-electron chi connectivity index (χ4n) is 8.21. The molecule has 51 heavy (non-hydrogen) atoms. The first-order valence-corrected chi connectivity index (χ1v) is 19.3. The summed E-state index contributed by atoms with van der Waals surface area (Å²) in [5.74, 6) is -0.238. The van der Waals surface area contributed by atoms with Crippen molar-refractivity contribution in [2.24, 2.45) is 10.2 Å². The first-order chi connectivity index (χ1) is 24.9. The van der Waals surface area contributed by atoms with Crippen LogP contribution >= 0.6 is 18.8 Å². The molecular formula is C39H31N6O4PS. The molecule has 4 aliphatic rings. The molecule has 0 radical (unpaired) electrons. The third-order valence-electron chi connectivity index (χ3n) is 10.3. The summed E-state index contributed by atoms with van der Waals surface area (Å²) in [6.07, 6.45) is 1.70. The number of thioether (sulfide) groups is 1. The van der Waals surface area contributed by atoms with Crippen LogP contribution in [-0.4, -0.2) is 37.5 Å². The maximum absolute atomic E-state index is 15.2. The van der Waals surface area contributed by atoms with Crippen LogP contribution in [0.4, 0.5) is 0 Å². The Hall–Kier alpha value is -5.61. The Morgan fingerprint density at radius 1 is 0.843 bits per heavy atom. The summed E-state index contributed by atoms with van der Waals surface area (Å²) in [6, 6.07) is 42.1. The lowest BCUT2D eigenvalue weighted by Crippen LogP contribution is -2.75. The van der Waals surface area contributed by atoms with Crippen LogP contribution in [0.2, 0.25) is 0 Å². The number of ether oxygens (including phenoxy) is 1. The molecule has 0 saturated carbocycles. The molecule has 4 heterocycles. The topological polar surface area (TPSA) is 135 Å². The summed E-state index contributed by atoms with van der Waals surface area (Å²) >= 11 is 1.33. The van der Waals surface area contributed by atoms with Crippen molar-refractivity contribution < 1.29 is 9.53 Å². The molecule has 1 fully saturated rings. The van der Waals surface area contributed by atoms with Crippen LogP contribution in [0.15, 0.2) is 147 Å². The Labute approximate surface area is 297 Å². The minimum Gasteiger partial charge on any atom is -0.465 e. The summed E-state index contributed by atoms with van der Waals surface area (Å²) in [4.78, 5) is 44.9. The number of nitrogens with zero attached hydrogens (tertiary/aromatic N) is 6. The van der Waals surface area contributed by atoms with Gasteiger partial charge in [0.15, 0.2) is 11.2 Å². The molecule has 4 atom stereocenters. The lowest BCUT2D eigenvalue weighted by molar-refractivity contribution is -0.168. The third-order valence-corrected chi connectivity index (χ3v) is 15.5. The van der Waals surface area contributed by atoms with Crippen LogP contribution in [0.3, 0.4) is 0 Å². The highest BCUT2D eigenvalue weighted by atomic mass is 32.2. The molecule has 4 aromatic carbocycles. The molecule has 1 saturated heterocycles. The number of nitriles is 2. The Balaban J connectivity index is 1.68. The first-order valence-electron chi connectivity index (χ1n) is 16.5. The van der Waals surface area contributed by atoms with Gasteiger partial charge in [-0.3, -0.25) is 9.54 Å². The number of benzene rings is 4. The number of esters is 1. The summed E-state index contributed by atoms with van der Waals surface area (Å²) in [7, 11) is -3.26. The molecule has 0 N–H and O–H groups in total. The van der Waals surface area contributed by atoms with Crippen LogP contribution in [0, 0.1) is 28.1 Å². The van der Waals surface area contributed by atoms with Gasteiger partial charge in [-0.05, 0) is 37.3 Å². The van der Waals surface area contributed by atoms with E-state index in [2.05, 4.69) is 12.1 Å². The largest absolute Gasteiger partial charge is 0.465 e. The number of hydrogen-bond acceptors (Lipinski definition) is 8. The SMILES string of the molecule is CCOC(=O)[C@@]12CCS[C@H]1[C@@]1(C#N)C(C#N)=C[C@@]2(N=P(c2ccccc2)(c2ccccc2)c2ccccc2)n2c(=O)n(-c3ccccc3)c(=O)n21. The predicted molar refractivity (Wildman–Crippen MR) is 197 cm³/mol. The Morgan fingerprint density at radius 3 is 1.84 bits per heavy atom. The van der Waals surface area contributed by atoms with E-state index in [1.807, 2.05) is 91.0 Å². The van der Waals surface area contributed by atoms with Gasteiger partial charge in [0.2, 0.25) is 0 Å². The van der Waals surface area contributed by atoms with E-state index in [1.54, 1.807) is 37.3 Å². The van der Waals surface area contributed by atoms with Crippen molar-refractivity contribution in [3.8, 4) is 17.8 Å². The minimum atomic E-state index is -3.26. The fourth-order valence-corrected chi connectivity index (χ4v) is 13.9. The van der Waals surface area contributed by atoms with Gasteiger partial charge in [-0.15, -0.1) is 0 Å². The number of para-hydroxylation sites is 1. The predicted octanol–water partition coefficient (Wildman–Crippen LogP) is 4.38. The molecule has 0 amide bonds. The van der Waals surface area contributed by atoms with Crippen LogP contribution < -0.4 is 27.3 Å². The summed E-state index contributed by atoms with van der Waals surface area (Å²) < 4.78 is 15.2. The number of hydrogen-bond donors (Lipinski definition) is 0. The van der Waals surface area contributed by atoms with Crippen molar-refractivity contribution in [3.05, 3.63) is 154 Å². The van der Waals surface area contributed by atoms with E-state index >= 15 is 4.79 Å². The lowest BCUT2D eigenvalue weighted by atomic mass is 9.58. The van der Waals surface area contributed by atoms with Crippen LogP contribution in [0.1, 0.15) is 13.3 Å². The van der Waals surface area contributed by atoms with E-state index in [-0.39, 0.29) is 24.3 Å². The standard InChI is InChI=1S/C39H31N6O4PS/c1-2-49-34(46)37-23-24-51-33(37)38(27-41)28(26-40)25-39(37,45-36(48)43(35(47)44(38)45)29-15-7-3-8-16-29)42-50(30-17-9-4-10-18-30,31-19-11-5-12-20-31)32-21-13-6-14-22-32/h3-22,25,33H,2,23-24H2,1H3/t33-,37-,38-,39-/m1/s1. The fraction of sp³-hybridized carbons (Fsp3) is 0.205. The summed E-state index contributed by atoms with van der Waals surface area (Å²) in [5.41, 5.74) is -7.03. The Morgan fingerprint density at radius 2 is 1.35 bits per heavy atom. The number of rotatable bonds is 7. The number of aromatic nitrogens is 3. The molecule has 1 aliphatic carbocycles. The highest BCUT2D eigenvalue weighted by molar-refractivity contribution is 8.00. The van der Waals surface area contributed by atoms with Crippen molar-refractivity contribution in [1.82, 2.24) is 13.9 Å². The molecular weight excluding hydrogens is 680 g/mol. The Kier molecular flexibility index (Phi) is 7.68. The van der Waals surface area contributed by atoms with Gasteiger partial charge >= 0.3 is 17.3 Å². The third kappa shape index (κ3) is 4.11. The number of carbonyl (C=O) groups excluding carboxylic acids is 1. The van der Waals surface area contributed by atoms with Crippen LogP contribution in [-0.2, 0) is 20.7 Å². The lowest BCUT2D eigenvalue weighted by Gasteiger charge is -2.58.